The largest absolute Gasteiger partial charge is 0.376 e. The predicted octanol–water partition coefficient (Wildman–Crippen LogP) is -2.64. The standard InChI is InChI=1S/C4H8N2O3/c5-1-2(7)3(8)4(6)9/h3,8H,1,5H2,(H2,6,9). The van der Waals surface area contributed by atoms with Crippen molar-refractivity contribution in [3.63, 3.8) is 0 Å². The van der Waals surface area contributed by atoms with Crippen LogP contribution in [0.1, 0.15) is 0 Å². The second kappa shape index (κ2) is 3.16. The van der Waals surface area contributed by atoms with Crippen molar-refractivity contribution in [1.29, 1.82) is 0 Å². The van der Waals surface area contributed by atoms with E-state index in [9.17, 15) is 9.59 Å². The zero-order valence-electron chi connectivity index (χ0n) is 4.70. The van der Waals surface area contributed by atoms with Crippen molar-refractivity contribution in [2.24, 2.45) is 11.5 Å². The molecule has 0 aliphatic rings. The minimum Gasteiger partial charge on any atom is -0.376 e. The Morgan fingerprint density at radius 1 is 1.56 bits per heavy atom. The summed E-state index contributed by atoms with van der Waals surface area (Å²) in [5.41, 5.74) is 9.34. The average molecular weight is 132 g/mol. The van der Waals surface area contributed by atoms with Crippen molar-refractivity contribution in [3.05, 3.63) is 0 Å². The lowest BCUT2D eigenvalue weighted by atomic mass is 10.2. The van der Waals surface area contributed by atoms with Crippen LogP contribution < -0.4 is 11.5 Å². The van der Waals surface area contributed by atoms with Crippen LogP contribution in [0.15, 0.2) is 0 Å². The molecule has 9 heavy (non-hydrogen) atoms. The van der Waals surface area contributed by atoms with Gasteiger partial charge in [-0.05, 0) is 0 Å². The van der Waals surface area contributed by atoms with E-state index >= 15 is 0 Å². The Morgan fingerprint density at radius 2 is 2.00 bits per heavy atom. The molecule has 0 aromatic heterocycles. The molecule has 0 saturated carbocycles. The molecule has 0 aromatic carbocycles. The second-order valence-corrected chi connectivity index (χ2v) is 1.48. The number of aliphatic hydroxyl groups is 1. The lowest BCUT2D eigenvalue weighted by Crippen LogP contribution is -2.39. The van der Waals surface area contributed by atoms with Gasteiger partial charge in [-0.1, -0.05) is 0 Å². The van der Waals surface area contributed by atoms with Crippen molar-refractivity contribution in [2.75, 3.05) is 6.54 Å². The molecule has 0 heterocycles. The van der Waals surface area contributed by atoms with E-state index in [1.165, 1.54) is 0 Å². The van der Waals surface area contributed by atoms with Crippen LogP contribution in [0.25, 0.3) is 0 Å². The Labute approximate surface area is 51.6 Å². The van der Waals surface area contributed by atoms with Crippen molar-refractivity contribution in [2.45, 2.75) is 6.10 Å². The Morgan fingerprint density at radius 3 is 2.11 bits per heavy atom. The number of amides is 1. The maximum atomic E-state index is 10.3. The van der Waals surface area contributed by atoms with Crippen molar-refractivity contribution >= 4 is 11.7 Å². The minimum absolute atomic E-state index is 0.371. The molecule has 0 aliphatic carbocycles. The van der Waals surface area contributed by atoms with E-state index in [0.29, 0.717) is 0 Å². The smallest absolute Gasteiger partial charge is 0.254 e. The highest BCUT2D eigenvalue weighted by Gasteiger charge is 2.18. The number of primary amides is 1. The maximum Gasteiger partial charge on any atom is 0.254 e. The number of ketones is 1. The number of nitrogens with two attached hydrogens (primary N) is 2. The van der Waals surface area contributed by atoms with Crippen LogP contribution >= 0.6 is 0 Å². The molecule has 0 radical (unpaired) electrons. The van der Waals surface area contributed by atoms with Gasteiger partial charge in [-0.3, -0.25) is 9.59 Å². The van der Waals surface area contributed by atoms with E-state index in [4.69, 9.17) is 10.8 Å². The SMILES string of the molecule is NCC(=O)C(O)C(N)=O. The number of aliphatic hydroxyl groups excluding tert-OH is 1. The van der Waals surface area contributed by atoms with Gasteiger partial charge in [0.1, 0.15) is 0 Å². The Hall–Kier alpha value is -0.940. The fraction of sp³-hybridized carbons (Fsp3) is 0.500. The summed E-state index contributed by atoms with van der Waals surface area (Å²) in [6.07, 6.45) is -1.74. The van der Waals surface area contributed by atoms with Gasteiger partial charge >= 0.3 is 0 Å². The fourth-order valence-corrected chi connectivity index (χ4v) is 0.270. The molecule has 0 rings (SSSR count). The van der Waals surface area contributed by atoms with Gasteiger partial charge in [0.15, 0.2) is 11.9 Å². The van der Waals surface area contributed by atoms with Gasteiger partial charge in [0.05, 0.1) is 6.54 Å². The van der Waals surface area contributed by atoms with Crippen molar-refractivity contribution in [3.8, 4) is 0 Å². The molecule has 0 bridgehead atoms. The number of rotatable bonds is 3. The van der Waals surface area contributed by atoms with Gasteiger partial charge in [-0.25, -0.2) is 0 Å². The molecule has 5 nitrogen and oxygen atoms in total. The van der Waals surface area contributed by atoms with Crippen LogP contribution in [0.2, 0.25) is 0 Å². The monoisotopic (exact) mass is 132 g/mol. The van der Waals surface area contributed by atoms with Crippen LogP contribution in [0.5, 0.6) is 0 Å². The molecule has 0 aromatic rings. The lowest BCUT2D eigenvalue weighted by Gasteiger charge is -2.00. The van der Waals surface area contributed by atoms with Gasteiger partial charge in [-0.2, -0.15) is 0 Å². The zero-order valence-corrected chi connectivity index (χ0v) is 4.70. The van der Waals surface area contributed by atoms with E-state index in [1.807, 2.05) is 0 Å². The molecule has 0 saturated heterocycles. The van der Waals surface area contributed by atoms with E-state index in [0.717, 1.165) is 0 Å². The van der Waals surface area contributed by atoms with Crippen LogP contribution in [-0.2, 0) is 9.59 Å². The average Bonchev–Trinajstić information content (AvgIpc) is 1.84. The molecule has 1 unspecified atom stereocenters. The lowest BCUT2D eigenvalue weighted by molar-refractivity contribution is -0.137. The number of carbonyl (C=O) groups is 2. The highest BCUT2D eigenvalue weighted by atomic mass is 16.3. The van der Waals surface area contributed by atoms with Gasteiger partial charge in [0.2, 0.25) is 0 Å². The number of carbonyl (C=O) groups excluding carboxylic acids is 2. The number of hydrogen-bond donors (Lipinski definition) is 3. The van der Waals surface area contributed by atoms with Crippen molar-refractivity contribution < 1.29 is 14.7 Å². The summed E-state index contributed by atoms with van der Waals surface area (Å²) in [7, 11) is 0. The third-order valence-corrected chi connectivity index (χ3v) is 0.776. The van der Waals surface area contributed by atoms with E-state index in [-0.39, 0.29) is 6.54 Å². The summed E-state index contributed by atoms with van der Waals surface area (Å²) in [6.45, 7) is -0.371. The van der Waals surface area contributed by atoms with Crippen LogP contribution in [0, 0.1) is 0 Å². The third-order valence-electron chi connectivity index (χ3n) is 0.776. The first kappa shape index (κ1) is 8.06. The summed E-state index contributed by atoms with van der Waals surface area (Å²) in [4.78, 5) is 20.3. The highest BCUT2D eigenvalue weighted by molar-refractivity contribution is 6.04. The fourth-order valence-electron chi connectivity index (χ4n) is 0.270. The summed E-state index contributed by atoms with van der Waals surface area (Å²) < 4.78 is 0. The molecule has 0 fully saturated rings. The van der Waals surface area contributed by atoms with Crippen LogP contribution in [0.3, 0.4) is 0 Å². The first-order chi connectivity index (χ1) is 4.09. The molecule has 1 amide bonds. The molecular weight excluding hydrogens is 124 g/mol. The summed E-state index contributed by atoms with van der Waals surface area (Å²) in [6, 6.07) is 0. The minimum atomic E-state index is -1.74. The number of Topliss-reactive ketones (excluding diaryl/α,β-unsaturated/α-hetero) is 1. The maximum absolute atomic E-state index is 10.3. The van der Waals surface area contributed by atoms with Gasteiger partial charge in [-0.15, -0.1) is 0 Å². The van der Waals surface area contributed by atoms with Crippen LogP contribution in [0.4, 0.5) is 0 Å². The Bertz CT molecular complexity index is 134. The molecule has 0 spiro atoms. The molecule has 52 valence electrons. The number of hydrogen-bond acceptors (Lipinski definition) is 4. The van der Waals surface area contributed by atoms with Gasteiger partial charge in [0.25, 0.3) is 5.91 Å². The van der Waals surface area contributed by atoms with Gasteiger partial charge in [0, 0.05) is 0 Å². The topological polar surface area (TPSA) is 106 Å². The molecule has 0 aliphatic heterocycles. The van der Waals surface area contributed by atoms with E-state index < -0.39 is 17.8 Å². The van der Waals surface area contributed by atoms with E-state index in [2.05, 4.69) is 5.73 Å². The third kappa shape index (κ3) is 2.20. The zero-order chi connectivity index (χ0) is 7.44. The molecule has 1 atom stereocenters. The first-order valence-electron chi connectivity index (χ1n) is 2.29. The quantitative estimate of drug-likeness (QED) is 0.365. The van der Waals surface area contributed by atoms with Crippen molar-refractivity contribution in [1.82, 2.24) is 0 Å². The molecule has 5 heteroatoms. The van der Waals surface area contributed by atoms with Gasteiger partial charge < -0.3 is 16.6 Å². The van der Waals surface area contributed by atoms with E-state index in [1.54, 1.807) is 0 Å². The second-order valence-electron chi connectivity index (χ2n) is 1.48. The predicted molar refractivity (Wildman–Crippen MR) is 29.3 cm³/mol. The molecular formula is C4H8N2O3. The van der Waals surface area contributed by atoms with Crippen LogP contribution in [-0.4, -0.2) is 29.4 Å². The normalized spacial score (nSPS) is 12.7. The molecule has 5 N–H and O–H groups in total. The summed E-state index contributed by atoms with van der Waals surface area (Å²) in [5, 5.41) is 8.49. The Balaban J connectivity index is 3.88. The highest BCUT2D eigenvalue weighted by Crippen LogP contribution is 1.80. The summed E-state index contributed by atoms with van der Waals surface area (Å²) in [5.74, 6) is -1.83. The Kier molecular flexibility index (Phi) is 2.83. The summed E-state index contributed by atoms with van der Waals surface area (Å²) >= 11 is 0. The first-order valence-corrected chi connectivity index (χ1v) is 2.29.